The Balaban J connectivity index is 1.77. The Kier molecular flexibility index (Phi) is 7.34. The molecule has 0 spiro atoms. The molecular weight excluding hydrogens is 344 g/mol. The normalized spacial score (nSPS) is 12.0. The molecule has 0 heterocycles. The van der Waals surface area contributed by atoms with Gasteiger partial charge in [0.25, 0.3) is 0 Å². The van der Waals surface area contributed by atoms with E-state index in [1.54, 1.807) is 0 Å². The number of carboxylic acids is 1. The van der Waals surface area contributed by atoms with Crippen LogP contribution in [0.25, 0.3) is 10.8 Å². The number of carbonyl (C=O) groups excluding carboxylic acids is 2. The van der Waals surface area contributed by atoms with Crippen LogP contribution in [0.3, 0.4) is 0 Å². The third-order valence-electron chi connectivity index (χ3n) is 4.24. The number of aliphatic carboxylic acids is 1. The summed E-state index contributed by atoms with van der Waals surface area (Å²) in [4.78, 5) is 35.0. The van der Waals surface area contributed by atoms with E-state index in [0.717, 1.165) is 16.3 Å². The van der Waals surface area contributed by atoms with Gasteiger partial charge < -0.3 is 15.7 Å². The highest BCUT2D eigenvalue weighted by Gasteiger charge is 2.21. The lowest BCUT2D eigenvalue weighted by molar-refractivity contribution is -0.142. The summed E-state index contributed by atoms with van der Waals surface area (Å²) in [6.45, 7) is 3.55. The molecule has 0 saturated heterocycles. The monoisotopic (exact) mass is 370 g/mol. The smallest absolute Gasteiger partial charge is 0.326 e. The SMILES string of the molecule is CC(C)C[C@H](NC(=O)CNC(=O)CCc1ccc2ccccc2c1)C(=O)O. The minimum absolute atomic E-state index is 0.142. The van der Waals surface area contributed by atoms with Gasteiger partial charge in [-0.25, -0.2) is 4.79 Å². The largest absolute Gasteiger partial charge is 0.480 e. The zero-order valence-corrected chi connectivity index (χ0v) is 15.7. The van der Waals surface area contributed by atoms with Crippen molar-refractivity contribution in [1.82, 2.24) is 10.6 Å². The number of carbonyl (C=O) groups is 3. The van der Waals surface area contributed by atoms with Crippen LogP contribution < -0.4 is 10.6 Å². The summed E-state index contributed by atoms with van der Waals surface area (Å²) in [5, 5.41) is 16.4. The Morgan fingerprint density at radius 2 is 1.70 bits per heavy atom. The van der Waals surface area contributed by atoms with Crippen molar-refractivity contribution in [1.29, 1.82) is 0 Å². The molecule has 0 aliphatic rings. The van der Waals surface area contributed by atoms with Crippen LogP contribution >= 0.6 is 0 Å². The second-order valence-electron chi connectivity index (χ2n) is 7.05. The average Bonchev–Trinajstić information content (AvgIpc) is 2.63. The molecule has 0 bridgehead atoms. The Hall–Kier alpha value is -2.89. The second-order valence-corrected chi connectivity index (χ2v) is 7.05. The van der Waals surface area contributed by atoms with Crippen LogP contribution in [0.1, 0.15) is 32.3 Å². The van der Waals surface area contributed by atoms with Gasteiger partial charge in [-0.3, -0.25) is 9.59 Å². The number of nitrogens with one attached hydrogen (secondary N) is 2. The molecule has 2 rings (SSSR count). The first kappa shape index (κ1) is 20.4. The van der Waals surface area contributed by atoms with Crippen LogP contribution in [0.15, 0.2) is 42.5 Å². The highest BCUT2D eigenvalue weighted by Crippen LogP contribution is 2.16. The predicted molar refractivity (Wildman–Crippen MR) is 104 cm³/mol. The van der Waals surface area contributed by atoms with E-state index in [1.165, 1.54) is 0 Å². The maximum Gasteiger partial charge on any atom is 0.326 e. The molecule has 6 heteroatoms. The van der Waals surface area contributed by atoms with Gasteiger partial charge in [-0.15, -0.1) is 0 Å². The molecule has 0 saturated carbocycles. The van der Waals surface area contributed by atoms with Crippen molar-refractivity contribution in [3.8, 4) is 0 Å². The number of hydrogen-bond donors (Lipinski definition) is 3. The lowest BCUT2D eigenvalue weighted by Crippen LogP contribution is -2.46. The molecule has 0 radical (unpaired) electrons. The van der Waals surface area contributed by atoms with Crippen LogP contribution in [0, 0.1) is 5.92 Å². The van der Waals surface area contributed by atoms with E-state index in [-0.39, 0.29) is 24.8 Å². The van der Waals surface area contributed by atoms with E-state index >= 15 is 0 Å². The fraction of sp³-hybridized carbons (Fsp3) is 0.381. The zero-order chi connectivity index (χ0) is 19.8. The van der Waals surface area contributed by atoms with Gasteiger partial charge in [0, 0.05) is 6.42 Å². The highest BCUT2D eigenvalue weighted by atomic mass is 16.4. The fourth-order valence-corrected chi connectivity index (χ4v) is 2.86. The number of hydrogen-bond acceptors (Lipinski definition) is 3. The molecule has 144 valence electrons. The maximum absolute atomic E-state index is 12.0. The number of fused-ring (bicyclic) bond motifs is 1. The van der Waals surface area contributed by atoms with Crippen molar-refractivity contribution in [2.45, 2.75) is 39.2 Å². The van der Waals surface area contributed by atoms with Gasteiger partial charge in [0.1, 0.15) is 6.04 Å². The Bertz CT molecular complexity index is 817. The van der Waals surface area contributed by atoms with E-state index in [2.05, 4.69) is 16.7 Å². The predicted octanol–water partition coefficient (Wildman–Crippen LogP) is 2.50. The molecule has 27 heavy (non-hydrogen) atoms. The summed E-state index contributed by atoms with van der Waals surface area (Å²) in [5.74, 6) is -1.67. The first-order valence-electron chi connectivity index (χ1n) is 9.11. The van der Waals surface area contributed by atoms with Crippen LogP contribution in [0.2, 0.25) is 0 Å². The van der Waals surface area contributed by atoms with Crippen molar-refractivity contribution in [3.05, 3.63) is 48.0 Å². The summed E-state index contributed by atoms with van der Waals surface area (Å²) in [6.07, 6.45) is 1.18. The minimum atomic E-state index is -1.07. The molecule has 2 amide bonds. The van der Waals surface area contributed by atoms with Gasteiger partial charge in [0.15, 0.2) is 0 Å². The van der Waals surface area contributed by atoms with Crippen LogP contribution in [-0.2, 0) is 20.8 Å². The van der Waals surface area contributed by atoms with E-state index in [4.69, 9.17) is 5.11 Å². The molecule has 1 atom stereocenters. The molecular formula is C21H26N2O4. The van der Waals surface area contributed by atoms with E-state index in [0.29, 0.717) is 12.8 Å². The van der Waals surface area contributed by atoms with Gasteiger partial charge >= 0.3 is 5.97 Å². The number of rotatable bonds is 9. The molecule has 0 aromatic heterocycles. The maximum atomic E-state index is 12.0. The van der Waals surface area contributed by atoms with Crippen molar-refractivity contribution < 1.29 is 19.5 Å². The highest BCUT2D eigenvalue weighted by molar-refractivity contribution is 5.88. The van der Waals surface area contributed by atoms with Crippen LogP contribution in [0.4, 0.5) is 0 Å². The molecule has 0 fully saturated rings. The fourth-order valence-electron chi connectivity index (χ4n) is 2.86. The third kappa shape index (κ3) is 6.73. The number of amides is 2. The minimum Gasteiger partial charge on any atom is -0.480 e. The first-order chi connectivity index (χ1) is 12.8. The van der Waals surface area contributed by atoms with Gasteiger partial charge in [-0.2, -0.15) is 0 Å². The summed E-state index contributed by atoms with van der Waals surface area (Å²) < 4.78 is 0. The Morgan fingerprint density at radius 3 is 2.37 bits per heavy atom. The molecule has 6 nitrogen and oxygen atoms in total. The van der Waals surface area contributed by atoms with E-state index in [1.807, 2.05) is 50.2 Å². The number of benzene rings is 2. The van der Waals surface area contributed by atoms with E-state index < -0.39 is 17.9 Å². The molecule has 2 aromatic rings. The standard InChI is InChI=1S/C21H26N2O4/c1-14(2)11-18(21(26)27)23-20(25)13-22-19(24)10-8-15-7-9-16-5-3-4-6-17(16)12-15/h3-7,9,12,14,18H,8,10-11,13H2,1-2H3,(H,22,24)(H,23,25)(H,26,27)/t18-/m0/s1. The molecule has 0 unspecified atom stereocenters. The van der Waals surface area contributed by atoms with Gasteiger partial charge in [0.05, 0.1) is 6.54 Å². The topological polar surface area (TPSA) is 95.5 Å². The van der Waals surface area contributed by atoms with E-state index in [9.17, 15) is 14.4 Å². The zero-order valence-electron chi connectivity index (χ0n) is 15.7. The lowest BCUT2D eigenvalue weighted by Gasteiger charge is -2.16. The summed E-state index contributed by atoms with van der Waals surface area (Å²) >= 11 is 0. The molecule has 3 N–H and O–H groups in total. The Labute approximate surface area is 159 Å². The number of aryl methyl sites for hydroxylation is 1. The molecule has 2 aromatic carbocycles. The third-order valence-corrected chi connectivity index (χ3v) is 4.24. The van der Waals surface area contributed by atoms with Crippen molar-refractivity contribution >= 4 is 28.6 Å². The van der Waals surface area contributed by atoms with Crippen LogP contribution in [0.5, 0.6) is 0 Å². The number of carboxylic acid groups (broad SMARTS) is 1. The first-order valence-corrected chi connectivity index (χ1v) is 9.11. The molecule has 0 aliphatic heterocycles. The van der Waals surface area contributed by atoms with Gasteiger partial charge in [0.2, 0.25) is 11.8 Å². The summed E-state index contributed by atoms with van der Waals surface area (Å²) in [5.41, 5.74) is 1.05. The quantitative estimate of drug-likeness (QED) is 0.632. The van der Waals surface area contributed by atoms with Crippen molar-refractivity contribution in [3.63, 3.8) is 0 Å². The summed E-state index contributed by atoms with van der Waals surface area (Å²) in [7, 11) is 0. The summed E-state index contributed by atoms with van der Waals surface area (Å²) in [6, 6.07) is 13.2. The van der Waals surface area contributed by atoms with Crippen LogP contribution in [-0.4, -0.2) is 35.5 Å². The second kappa shape index (κ2) is 9.71. The average molecular weight is 370 g/mol. The van der Waals surface area contributed by atoms with Crippen molar-refractivity contribution in [2.24, 2.45) is 5.92 Å². The Morgan fingerprint density at radius 1 is 1.00 bits per heavy atom. The van der Waals surface area contributed by atoms with Gasteiger partial charge in [-0.1, -0.05) is 56.3 Å². The van der Waals surface area contributed by atoms with Crippen molar-refractivity contribution in [2.75, 3.05) is 6.54 Å². The molecule has 0 aliphatic carbocycles. The lowest BCUT2D eigenvalue weighted by atomic mass is 10.0. The van der Waals surface area contributed by atoms with Gasteiger partial charge in [-0.05, 0) is 35.1 Å².